The van der Waals surface area contributed by atoms with Crippen LogP contribution in [0.2, 0.25) is 5.15 Å². The van der Waals surface area contributed by atoms with Crippen molar-refractivity contribution in [2.75, 3.05) is 23.7 Å². The summed E-state index contributed by atoms with van der Waals surface area (Å²) in [6.07, 6.45) is 0. The minimum Gasteiger partial charge on any atom is -0.353 e. The predicted octanol–water partition coefficient (Wildman–Crippen LogP) is 3.22. The highest BCUT2D eigenvalue weighted by Gasteiger charge is 2.20. The maximum Gasteiger partial charge on any atom is 0.159 e. The number of aromatic nitrogens is 2. The van der Waals surface area contributed by atoms with Crippen LogP contribution in [-0.2, 0) is 0 Å². The quantitative estimate of drug-likeness (QED) is 0.801. The van der Waals surface area contributed by atoms with Gasteiger partial charge in [-0.05, 0) is 0 Å². The highest BCUT2D eigenvalue weighted by Crippen LogP contribution is 2.30. The molecule has 3 nitrogen and oxygen atoms in total. The fourth-order valence-corrected chi connectivity index (χ4v) is 3.52. The SMILES string of the molecule is CC1CN(c2nnc(Cl)c3ccccc23)CCS1. The summed E-state index contributed by atoms with van der Waals surface area (Å²) in [7, 11) is 0. The molecule has 5 heteroatoms. The molecule has 18 heavy (non-hydrogen) atoms. The molecule has 0 saturated carbocycles. The van der Waals surface area contributed by atoms with Gasteiger partial charge in [0, 0.05) is 34.9 Å². The van der Waals surface area contributed by atoms with Crippen LogP contribution in [0.5, 0.6) is 0 Å². The van der Waals surface area contributed by atoms with Crippen molar-refractivity contribution in [1.29, 1.82) is 0 Å². The molecule has 0 spiro atoms. The van der Waals surface area contributed by atoms with E-state index >= 15 is 0 Å². The topological polar surface area (TPSA) is 29.0 Å². The van der Waals surface area contributed by atoms with Crippen LogP contribution in [-0.4, -0.2) is 34.3 Å². The maximum atomic E-state index is 6.10. The zero-order valence-corrected chi connectivity index (χ0v) is 11.7. The first-order valence-electron chi connectivity index (χ1n) is 6.03. The van der Waals surface area contributed by atoms with Crippen molar-refractivity contribution in [3.63, 3.8) is 0 Å². The van der Waals surface area contributed by atoms with Crippen LogP contribution in [0.25, 0.3) is 10.8 Å². The second-order valence-electron chi connectivity index (χ2n) is 4.49. The van der Waals surface area contributed by atoms with Gasteiger partial charge in [0.1, 0.15) is 0 Å². The number of rotatable bonds is 1. The monoisotopic (exact) mass is 279 g/mol. The van der Waals surface area contributed by atoms with Crippen molar-refractivity contribution in [2.45, 2.75) is 12.2 Å². The second kappa shape index (κ2) is 4.94. The molecule has 1 unspecified atom stereocenters. The van der Waals surface area contributed by atoms with E-state index in [0.29, 0.717) is 10.4 Å². The van der Waals surface area contributed by atoms with Gasteiger partial charge >= 0.3 is 0 Å². The highest BCUT2D eigenvalue weighted by atomic mass is 35.5. The number of fused-ring (bicyclic) bond motifs is 1. The number of hydrogen-bond donors (Lipinski definition) is 0. The Morgan fingerprint density at radius 3 is 2.83 bits per heavy atom. The Morgan fingerprint density at radius 2 is 2.06 bits per heavy atom. The summed E-state index contributed by atoms with van der Waals surface area (Å²) < 4.78 is 0. The molecule has 2 aromatic rings. The molecule has 1 atom stereocenters. The fourth-order valence-electron chi connectivity index (χ4n) is 2.30. The number of hydrogen-bond acceptors (Lipinski definition) is 4. The molecule has 0 amide bonds. The summed E-state index contributed by atoms with van der Waals surface area (Å²) in [6.45, 7) is 4.29. The van der Waals surface area contributed by atoms with Gasteiger partial charge in [0.05, 0.1) is 0 Å². The van der Waals surface area contributed by atoms with Gasteiger partial charge in [-0.1, -0.05) is 42.8 Å². The number of benzene rings is 1. The van der Waals surface area contributed by atoms with Gasteiger partial charge in [0.2, 0.25) is 0 Å². The van der Waals surface area contributed by atoms with Crippen molar-refractivity contribution < 1.29 is 0 Å². The molecule has 1 saturated heterocycles. The van der Waals surface area contributed by atoms with E-state index in [0.717, 1.165) is 35.4 Å². The summed E-state index contributed by atoms with van der Waals surface area (Å²) in [4.78, 5) is 2.31. The third-order valence-electron chi connectivity index (χ3n) is 3.16. The van der Waals surface area contributed by atoms with Gasteiger partial charge in [-0.15, -0.1) is 10.2 Å². The Balaban J connectivity index is 2.09. The van der Waals surface area contributed by atoms with Gasteiger partial charge in [0.25, 0.3) is 0 Å². The Labute approximate surface area is 116 Å². The number of nitrogens with zero attached hydrogens (tertiary/aromatic N) is 3. The van der Waals surface area contributed by atoms with Crippen LogP contribution in [0.4, 0.5) is 5.82 Å². The van der Waals surface area contributed by atoms with Gasteiger partial charge < -0.3 is 4.90 Å². The molecule has 1 aromatic heterocycles. The van der Waals surface area contributed by atoms with Gasteiger partial charge in [0.15, 0.2) is 11.0 Å². The van der Waals surface area contributed by atoms with Crippen LogP contribution >= 0.6 is 23.4 Å². The maximum absolute atomic E-state index is 6.10. The van der Waals surface area contributed by atoms with E-state index in [-0.39, 0.29) is 0 Å². The van der Waals surface area contributed by atoms with Crippen LogP contribution in [0.1, 0.15) is 6.92 Å². The van der Waals surface area contributed by atoms with Crippen LogP contribution in [0.3, 0.4) is 0 Å². The normalized spacial score (nSPS) is 20.3. The lowest BCUT2D eigenvalue weighted by Gasteiger charge is -2.31. The molecule has 94 valence electrons. The van der Waals surface area contributed by atoms with Crippen molar-refractivity contribution >= 4 is 40.0 Å². The molecule has 0 bridgehead atoms. The second-order valence-corrected chi connectivity index (χ2v) is 6.39. The summed E-state index contributed by atoms with van der Waals surface area (Å²) in [6, 6.07) is 8.07. The molecule has 2 heterocycles. The van der Waals surface area contributed by atoms with Crippen molar-refractivity contribution in [3.8, 4) is 0 Å². The Bertz CT molecular complexity index is 575. The van der Waals surface area contributed by atoms with Crippen LogP contribution < -0.4 is 4.90 Å². The third-order valence-corrected chi connectivity index (χ3v) is 4.58. The average molecular weight is 280 g/mol. The van der Waals surface area contributed by atoms with E-state index < -0.39 is 0 Å². The molecule has 0 N–H and O–H groups in total. The molecular weight excluding hydrogens is 266 g/mol. The highest BCUT2D eigenvalue weighted by molar-refractivity contribution is 8.00. The molecule has 3 rings (SSSR count). The standard InChI is InChI=1S/C13H14ClN3S/c1-9-8-17(6-7-18-9)13-11-5-3-2-4-10(11)12(14)15-16-13/h2-5,9H,6-8H2,1H3. The fraction of sp³-hybridized carbons (Fsp3) is 0.385. The number of thioether (sulfide) groups is 1. The third kappa shape index (κ3) is 2.15. The first kappa shape index (κ1) is 12.1. The molecule has 0 radical (unpaired) electrons. The molecule has 0 aliphatic carbocycles. The predicted molar refractivity (Wildman–Crippen MR) is 78.7 cm³/mol. The van der Waals surface area contributed by atoms with Crippen molar-refractivity contribution in [3.05, 3.63) is 29.4 Å². The number of anilines is 1. The summed E-state index contributed by atoms with van der Waals surface area (Å²) in [5.41, 5.74) is 0. The van der Waals surface area contributed by atoms with Gasteiger partial charge in [-0.2, -0.15) is 11.8 Å². The van der Waals surface area contributed by atoms with E-state index in [4.69, 9.17) is 11.6 Å². The Kier molecular flexibility index (Phi) is 3.31. The van der Waals surface area contributed by atoms with Crippen molar-refractivity contribution in [1.82, 2.24) is 10.2 Å². The molecule has 1 aromatic carbocycles. The molecule has 1 aliphatic heterocycles. The van der Waals surface area contributed by atoms with E-state index in [1.54, 1.807) is 0 Å². The summed E-state index contributed by atoms with van der Waals surface area (Å²) >= 11 is 8.11. The first-order valence-corrected chi connectivity index (χ1v) is 7.46. The summed E-state index contributed by atoms with van der Waals surface area (Å²) in [5.74, 6) is 2.10. The van der Waals surface area contributed by atoms with Crippen LogP contribution in [0, 0.1) is 0 Å². The molecule has 1 fully saturated rings. The van der Waals surface area contributed by atoms with Gasteiger partial charge in [-0.25, -0.2) is 0 Å². The smallest absolute Gasteiger partial charge is 0.159 e. The van der Waals surface area contributed by atoms with E-state index in [1.807, 2.05) is 30.0 Å². The molecular formula is C13H14ClN3S. The van der Waals surface area contributed by atoms with E-state index in [2.05, 4.69) is 28.1 Å². The Hall–Kier alpha value is -1.00. The lowest BCUT2D eigenvalue weighted by Crippen LogP contribution is -2.37. The average Bonchev–Trinajstić information content (AvgIpc) is 2.39. The van der Waals surface area contributed by atoms with Crippen molar-refractivity contribution in [2.24, 2.45) is 0 Å². The minimum atomic E-state index is 0.480. The van der Waals surface area contributed by atoms with Crippen LogP contribution in [0.15, 0.2) is 24.3 Å². The van der Waals surface area contributed by atoms with E-state index in [9.17, 15) is 0 Å². The molecule has 1 aliphatic rings. The zero-order chi connectivity index (χ0) is 12.5. The van der Waals surface area contributed by atoms with E-state index in [1.165, 1.54) is 0 Å². The first-order chi connectivity index (χ1) is 8.75. The lowest BCUT2D eigenvalue weighted by atomic mass is 10.2. The van der Waals surface area contributed by atoms with Gasteiger partial charge in [-0.3, -0.25) is 0 Å². The minimum absolute atomic E-state index is 0.480. The largest absolute Gasteiger partial charge is 0.353 e. The lowest BCUT2D eigenvalue weighted by molar-refractivity contribution is 0.764. The zero-order valence-electron chi connectivity index (χ0n) is 10.1. The Morgan fingerprint density at radius 1 is 1.28 bits per heavy atom. The number of halogens is 1. The summed E-state index contributed by atoms with van der Waals surface area (Å²) in [5, 5.41) is 11.6.